The maximum Gasteiger partial charge on any atom is 0.266 e. The van der Waals surface area contributed by atoms with Gasteiger partial charge in [0.25, 0.3) is 21.8 Å². The fraction of sp³-hybridized carbons (Fsp3) is 0.227. The lowest BCUT2D eigenvalue weighted by Gasteiger charge is -2.22. The van der Waals surface area contributed by atoms with Gasteiger partial charge in [0, 0.05) is 19.4 Å². The molecule has 1 aromatic heterocycles. The fourth-order valence-corrected chi connectivity index (χ4v) is 4.98. The van der Waals surface area contributed by atoms with Crippen molar-refractivity contribution in [2.45, 2.75) is 23.8 Å². The number of carbonyl (C=O) groups excluding carboxylic acids is 2. The molecular formula is C22H20N4O5S. The van der Waals surface area contributed by atoms with E-state index in [-0.39, 0.29) is 10.9 Å². The predicted octanol–water partition coefficient (Wildman–Crippen LogP) is 2.84. The van der Waals surface area contributed by atoms with Crippen molar-refractivity contribution in [1.82, 2.24) is 9.78 Å². The predicted molar refractivity (Wildman–Crippen MR) is 116 cm³/mol. The highest BCUT2D eigenvalue weighted by Gasteiger charge is 2.36. The largest absolute Gasteiger partial charge is 0.381 e. The zero-order valence-corrected chi connectivity index (χ0v) is 17.8. The number of nitrogens with one attached hydrogen (secondary N) is 1. The van der Waals surface area contributed by atoms with Crippen molar-refractivity contribution >= 4 is 33.2 Å². The highest BCUT2D eigenvalue weighted by atomic mass is 32.2. The second kappa shape index (κ2) is 7.88. The van der Waals surface area contributed by atoms with Crippen LogP contribution in [0.4, 0.5) is 11.4 Å². The molecule has 0 bridgehead atoms. The summed E-state index contributed by atoms with van der Waals surface area (Å²) in [5.74, 6) is -0.861. The summed E-state index contributed by atoms with van der Waals surface area (Å²) in [4.78, 5) is 26.3. The minimum Gasteiger partial charge on any atom is -0.381 e. The summed E-state index contributed by atoms with van der Waals surface area (Å²) in [6, 6.07) is 12.4. The molecule has 164 valence electrons. The van der Waals surface area contributed by atoms with Gasteiger partial charge in [-0.05, 0) is 49.2 Å². The molecule has 0 aliphatic carbocycles. The van der Waals surface area contributed by atoms with Gasteiger partial charge in [-0.1, -0.05) is 12.1 Å². The van der Waals surface area contributed by atoms with Gasteiger partial charge in [0.05, 0.1) is 39.6 Å². The SMILES string of the molecule is O=C1c2ccccc2C(=O)N1c1ccc(S(=O)(=O)Nc2cnn(C3CCOCC3)c2)cc1. The van der Waals surface area contributed by atoms with Crippen molar-refractivity contribution in [1.29, 1.82) is 0 Å². The summed E-state index contributed by atoms with van der Waals surface area (Å²) >= 11 is 0. The average molecular weight is 452 g/mol. The molecule has 2 aliphatic rings. The Kier molecular flexibility index (Phi) is 5.03. The normalized spacial score (nSPS) is 16.9. The molecule has 0 spiro atoms. The lowest BCUT2D eigenvalue weighted by molar-refractivity contribution is 0.0662. The first-order chi connectivity index (χ1) is 15.4. The van der Waals surface area contributed by atoms with Crippen LogP contribution in [0.15, 0.2) is 65.8 Å². The zero-order chi connectivity index (χ0) is 22.3. The summed E-state index contributed by atoms with van der Waals surface area (Å²) in [5, 5.41) is 4.27. The van der Waals surface area contributed by atoms with Crippen LogP contribution in [0, 0.1) is 0 Å². The minimum atomic E-state index is -3.87. The molecule has 1 N–H and O–H groups in total. The third-order valence-corrected chi connectivity index (χ3v) is 7.02. The number of ether oxygens (including phenoxy) is 1. The van der Waals surface area contributed by atoms with Crippen LogP contribution in [0.5, 0.6) is 0 Å². The number of hydrogen-bond donors (Lipinski definition) is 1. The Bertz CT molecular complexity index is 1260. The van der Waals surface area contributed by atoms with Gasteiger partial charge in [-0.3, -0.25) is 19.0 Å². The molecule has 32 heavy (non-hydrogen) atoms. The number of anilines is 2. The molecule has 2 aromatic carbocycles. The molecule has 2 amide bonds. The highest BCUT2D eigenvalue weighted by Crippen LogP contribution is 2.29. The van der Waals surface area contributed by atoms with Crippen LogP contribution >= 0.6 is 0 Å². The van der Waals surface area contributed by atoms with E-state index in [9.17, 15) is 18.0 Å². The molecule has 0 radical (unpaired) electrons. The van der Waals surface area contributed by atoms with Crippen LogP contribution in [0.25, 0.3) is 0 Å². The van der Waals surface area contributed by atoms with Crippen LogP contribution in [-0.2, 0) is 14.8 Å². The van der Waals surface area contributed by atoms with Crippen molar-refractivity contribution in [3.63, 3.8) is 0 Å². The maximum atomic E-state index is 12.8. The van der Waals surface area contributed by atoms with Crippen molar-refractivity contribution in [3.05, 3.63) is 72.1 Å². The van der Waals surface area contributed by atoms with Crippen LogP contribution in [0.2, 0.25) is 0 Å². The number of hydrogen-bond acceptors (Lipinski definition) is 6. The van der Waals surface area contributed by atoms with Gasteiger partial charge in [0.2, 0.25) is 0 Å². The first kappa shape index (κ1) is 20.4. The maximum absolute atomic E-state index is 12.8. The van der Waals surface area contributed by atoms with Crippen molar-refractivity contribution < 1.29 is 22.7 Å². The molecule has 10 heteroatoms. The van der Waals surface area contributed by atoms with Gasteiger partial charge >= 0.3 is 0 Å². The fourth-order valence-electron chi connectivity index (χ4n) is 3.95. The van der Waals surface area contributed by atoms with Crippen LogP contribution in [0.1, 0.15) is 39.6 Å². The van der Waals surface area contributed by atoms with E-state index < -0.39 is 21.8 Å². The van der Waals surface area contributed by atoms with E-state index in [1.54, 1.807) is 35.1 Å². The third kappa shape index (κ3) is 3.57. The first-order valence-corrected chi connectivity index (χ1v) is 11.6. The minimum absolute atomic E-state index is 0.0108. The Labute approximate surface area is 184 Å². The quantitative estimate of drug-likeness (QED) is 0.596. The molecule has 3 heterocycles. The van der Waals surface area contributed by atoms with Crippen LogP contribution in [0.3, 0.4) is 0 Å². The number of sulfonamides is 1. The smallest absolute Gasteiger partial charge is 0.266 e. The number of carbonyl (C=O) groups is 2. The molecule has 9 nitrogen and oxygen atoms in total. The Balaban J connectivity index is 1.33. The number of fused-ring (bicyclic) bond motifs is 1. The first-order valence-electron chi connectivity index (χ1n) is 10.2. The molecule has 1 fully saturated rings. The Hall–Kier alpha value is -3.50. The number of nitrogens with zero attached hydrogens (tertiary/aromatic N) is 3. The summed E-state index contributed by atoms with van der Waals surface area (Å²) in [5.41, 5.74) is 1.33. The molecule has 0 unspecified atom stereocenters. The summed E-state index contributed by atoms with van der Waals surface area (Å²) in [6.07, 6.45) is 4.79. The van der Waals surface area contributed by atoms with Crippen LogP contribution < -0.4 is 9.62 Å². The molecule has 0 saturated carbocycles. The second-order valence-electron chi connectivity index (χ2n) is 7.64. The van der Waals surface area contributed by atoms with Crippen molar-refractivity contribution in [2.24, 2.45) is 0 Å². The Morgan fingerprint density at radius 2 is 1.56 bits per heavy atom. The molecule has 2 aliphatic heterocycles. The van der Waals surface area contributed by atoms with Crippen LogP contribution in [-0.4, -0.2) is 43.2 Å². The molecular weight excluding hydrogens is 432 g/mol. The summed E-state index contributed by atoms with van der Waals surface area (Å²) < 4.78 is 35.2. The van der Waals surface area contributed by atoms with E-state index in [0.29, 0.717) is 35.7 Å². The van der Waals surface area contributed by atoms with Crippen molar-refractivity contribution in [2.75, 3.05) is 22.8 Å². The number of amides is 2. The average Bonchev–Trinajstić information content (AvgIpc) is 3.37. The Morgan fingerprint density at radius 3 is 2.19 bits per heavy atom. The lowest BCUT2D eigenvalue weighted by atomic mass is 10.1. The molecule has 5 rings (SSSR count). The number of imide groups is 1. The van der Waals surface area contributed by atoms with Crippen molar-refractivity contribution in [3.8, 4) is 0 Å². The van der Waals surface area contributed by atoms with Gasteiger partial charge in [-0.15, -0.1) is 0 Å². The number of aromatic nitrogens is 2. The van der Waals surface area contributed by atoms with Gasteiger partial charge in [-0.25, -0.2) is 13.3 Å². The standard InChI is InChI=1S/C22H20N4O5S/c27-21-19-3-1-2-4-20(19)22(28)26(21)17-5-7-18(8-6-17)32(29,30)24-15-13-23-25(14-15)16-9-11-31-12-10-16/h1-8,13-14,16,24H,9-12H2. The van der Waals surface area contributed by atoms with Gasteiger partial charge < -0.3 is 4.74 Å². The highest BCUT2D eigenvalue weighted by molar-refractivity contribution is 7.92. The lowest BCUT2D eigenvalue weighted by Crippen LogP contribution is -2.29. The molecule has 3 aromatic rings. The van der Waals surface area contributed by atoms with E-state index in [2.05, 4.69) is 9.82 Å². The van der Waals surface area contributed by atoms with Gasteiger partial charge in [0.15, 0.2) is 0 Å². The van der Waals surface area contributed by atoms with Gasteiger partial charge in [0.1, 0.15) is 0 Å². The monoisotopic (exact) mass is 452 g/mol. The second-order valence-corrected chi connectivity index (χ2v) is 9.33. The summed E-state index contributed by atoms with van der Waals surface area (Å²) in [7, 11) is -3.87. The number of rotatable bonds is 5. The Morgan fingerprint density at radius 1 is 0.938 bits per heavy atom. The van der Waals surface area contributed by atoms with Gasteiger partial charge in [-0.2, -0.15) is 5.10 Å². The van der Waals surface area contributed by atoms with E-state index >= 15 is 0 Å². The molecule has 0 atom stereocenters. The number of benzene rings is 2. The van der Waals surface area contributed by atoms with E-state index in [0.717, 1.165) is 17.7 Å². The molecule has 1 saturated heterocycles. The summed E-state index contributed by atoms with van der Waals surface area (Å²) in [6.45, 7) is 1.32. The third-order valence-electron chi connectivity index (χ3n) is 5.62. The topological polar surface area (TPSA) is 111 Å². The zero-order valence-electron chi connectivity index (χ0n) is 17.0. The van der Waals surface area contributed by atoms with E-state index in [1.165, 1.54) is 30.5 Å². The van der Waals surface area contributed by atoms with E-state index in [1.807, 2.05) is 0 Å². The van der Waals surface area contributed by atoms with E-state index in [4.69, 9.17) is 4.74 Å².